The number of allylic oxidation sites excluding steroid dienone is 1. The number of carboxylic acids is 1. The molecule has 1 unspecified atom stereocenters. The maximum Gasteiger partial charge on any atom is 0.303 e. The number of unbranched alkanes of at least 4 members (excludes halogenated alkanes) is 3. The Balaban J connectivity index is 1.81. The minimum absolute atomic E-state index is 0.177. The average molecular weight is 416 g/mol. The van der Waals surface area contributed by atoms with E-state index < -0.39 is 5.97 Å². The van der Waals surface area contributed by atoms with Gasteiger partial charge in [-0.15, -0.1) is 0 Å². The lowest BCUT2D eigenvalue weighted by Crippen LogP contribution is -2.43. The van der Waals surface area contributed by atoms with Crippen LogP contribution in [0, 0.1) is 0 Å². The molecule has 166 valence electrons. The summed E-state index contributed by atoms with van der Waals surface area (Å²) in [5, 5.41) is 18.7. The van der Waals surface area contributed by atoms with Crippen molar-refractivity contribution in [3.63, 3.8) is 0 Å². The van der Waals surface area contributed by atoms with E-state index in [1.165, 1.54) is 5.56 Å². The summed E-state index contributed by atoms with van der Waals surface area (Å²) < 4.78 is 0. The number of piperidine rings is 1. The molecule has 0 bridgehead atoms. The van der Waals surface area contributed by atoms with Crippen LogP contribution in [0.1, 0.15) is 88.7 Å². The molecule has 1 atom stereocenters. The van der Waals surface area contributed by atoms with Crippen LogP contribution in [0.4, 0.5) is 0 Å². The van der Waals surface area contributed by atoms with E-state index in [0.29, 0.717) is 24.5 Å². The Morgan fingerprint density at radius 3 is 2.73 bits per heavy atom. The molecular formula is C25H37NO4. The first kappa shape index (κ1) is 24.0. The third kappa shape index (κ3) is 7.85. The van der Waals surface area contributed by atoms with E-state index in [1.807, 2.05) is 11.0 Å². The van der Waals surface area contributed by atoms with E-state index in [4.69, 9.17) is 5.11 Å². The van der Waals surface area contributed by atoms with Crippen molar-refractivity contribution in [1.29, 1.82) is 0 Å². The molecule has 1 fully saturated rings. The van der Waals surface area contributed by atoms with Gasteiger partial charge in [0.1, 0.15) is 5.75 Å². The summed E-state index contributed by atoms with van der Waals surface area (Å²) >= 11 is 0. The van der Waals surface area contributed by atoms with Crippen LogP contribution < -0.4 is 0 Å². The maximum absolute atomic E-state index is 12.4. The van der Waals surface area contributed by atoms with Crippen molar-refractivity contribution in [3.05, 3.63) is 41.5 Å². The van der Waals surface area contributed by atoms with Crippen LogP contribution in [0.15, 0.2) is 30.4 Å². The van der Waals surface area contributed by atoms with Gasteiger partial charge in [0.2, 0.25) is 5.91 Å². The Kier molecular flexibility index (Phi) is 9.92. The Labute approximate surface area is 180 Å². The highest BCUT2D eigenvalue weighted by Crippen LogP contribution is 2.27. The summed E-state index contributed by atoms with van der Waals surface area (Å²) in [5.74, 6) is 0.163. The molecule has 1 saturated heterocycles. The lowest BCUT2D eigenvalue weighted by Gasteiger charge is -2.34. The van der Waals surface area contributed by atoms with Gasteiger partial charge in [0, 0.05) is 25.4 Å². The Bertz CT molecular complexity index is 726. The number of aryl methyl sites for hydroxylation is 1. The van der Waals surface area contributed by atoms with Crippen molar-refractivity contribution in [1.82, 2.24) is 4.90 Å². The van der Waals surface area contributed by atoms with Gasteiger partial charge < -0.3 is 15.1 Å². The number of phenols is 1. The SMILES string of the molecule is CC(C)c1cc(CC/C=C/C2CCCC(=O)N2CCCCCCC(=O)O)ccc1O. The number of likely N-dealkylation sites (tertiary alicyclic amines) is 1. The molecule has 0 saturated carbocycles. The third-order valence-electron chi connectivity index (χ3n) is 5.82. The van der Waals surface area contributed by atoms with Crippen molar-refractivity contribution < 1.29 is 19.8 Å². The van der Waals surface area contributed by atoms with Crippen LogP contribution >= 0.6 is 0 Å². The number of amides is 1. The third-order valence-corrected chi connectivity index (χ3v) is 5.82. The van der Waals surface area contributed by atoms with Crippen molar-refractivity contribution in [2.75, 3.05) is 6.54 Å². The molecule has 1 aromatic carbocycles. The highest BCUT2D eigenvalue weighted by atomic mass is 16.4. The highest BCUT2D eigenvalue weighted by Gasteiger charge is 2.25. The summed E-state index contributed by atoms with van der Waals surface area (Å²) in [6.07, 6.45) is 12.5. The zero-order valence-corrected chi connectivity index (χ0v) is 18.5. The smallest absolute Gasteiger partial charge is 0.303 e. The normalized spacial score (nSPS) is 17.2. The fraction of sp³-hybridized carbons (Fsp3) is 0.600. The molecule has 1 heterocycles. The van der Waals surface area contributed by atoms with Crippen molar-refractivity contribution >= 4 is 11.9 Å². The predicted molar refractivity (Wildman–Crippen MR) is 120 cm³/mol. The van der Waals surface area contributed by atoms with E-state index in [-0.39, 0.29) is 18.4 Å². The van der Waals surface area contributed by atoms with Crippen LogP contribution in [-0.2, 0) is 16.0 Å². The number of phenolic OH excluding ortho intramolecular Hbond substituents is 1. The number of benzene rings is 1. The van der Waals surface area contributed by atoms with Crippen molar-refractivity contribution in [2.24, 2.45) is 0 Å². The fourth-order valence-corrected chi connectivity index (χ4v) is 4.07. The summed E-state index contributed by atoms with van der Waals surface area (Å²) in [7, 11) is 0. The largest absolute Gasteiger partial charge is 0.508 e. The van der Waals surface area contributed by atoms with E-state index in [2.05, 4.69) is 32.1 Å². The van der Waals surface area contributed by atoms with E-state index in [9.17, 15) is 14.7 Å². The Hall–Kier alpha value is -2.30. The lowest BCUT2D eigenvalue weighted by molar-refractivity contribution is -0.137. The van der Waals surface area contributed by atoms with E-state index in [0.717, 1.165) is 57.1 Å². The first-order valence-electron chi connectivity index (χ1n) is 11.4. The van der Waals surface area contributed by atoms with Gasteiger partial charge in [-0.1, -0.05) is 51.0 Å². The van der Waals surface area contributed by atoms with Crippen molar-refractivity contribution in [3.8, 4) is 5.75 Å². The highest BCUT2D eigenvalue weighted by molar-refractivity contribution is 5.77. The average Bonchev–Trinajstić information content (AvgIpc) is 2.70. The van der Waals surface area contributed by atoms with Crippen molar-refractivity contribution in [2.45, 2.75) is 90.0 Å². The first-order chi connectivity index (χ1) is 14.4. The van der Waals surface area contributed by atoms with Crippen LogP contribution in [0.3, 0.4) is 0 Å². The molecule has 0 aliphatic carbocycles. The molecule has 0 aromatic heterocycles. The molecule has 1 aliphatic rings. The molecule has 1 amide bonds. The summed E-state index contributed by atoms with van der Waals surface area (Å²) in [6.45, 7) is 4.93. The molecule has 1 aliphatic heterocycles. The molecule has 0 spiro atoms. The lowest BCUT2D eigenvalue weighted by atomic mass is 9.97. The standard InChI is InChI=1S/C25H37NO4/c1-19(2)22-18-20(15-16-23(22)27)10-6-7-11-21-12-9-13-24(28)26(21)17-8-4-3-5-14-25(29)30/h7,11,15-16,18-19,21,27H,3-6,8-10,12-14,17H2,1-2H3,(H,29,30)/b11-7+. The topological polar surface area (TPSA) is 77.8 Å². The second-order valence-electron chi connectivity index (χ2n) is 8.62. The predicted octanol–water partition coefficient (Wildman–Crippen LogP) is 5.42. The molecule has 0 radical (unpaired) electrons. The molecular weight excluding hydrogens is 378 g/mol. The number of carboxylic acid groups (broad SMARTS) is 1. The molecule has 2 N–H and O–H groups in total. The quantitative estimate of drug-likeness (QED) is 0.353. The minimum atomic E-state index is -0.737. The van der Waals surface area contributed by atoms with Gasteiger partial charge in [-0.25, -0.2) is 0 Å². The number of nitrogens with zero attached hydrogens (tertiary/aromatic N) is 1. The van der Waals surface area contributed by atoms with Gasteiger partial charge in [0.15, 0.2) is 0 Å². The monoisotopic (exact) mass is 415 g/mol. The van der Waals surface area contributed by atoms with Gasteiger partial charge in [0.05, 0.1) is 0 Å². The van der Waals surface area contributed by atoms with Crippen LogP contribution in [0.2, 0.25) is 0 Å². The Morgan fingerprint density at radius 2 is 2.00 bits per heavy atom. The molecule has 2 rings (SSSR count). The molecule has 5 nitrogen and oxygen atoms in total. The van der Waals surface area contributed by atoms with Gasteiger partial charge in [-0.2, -0.15) is 0 Å². The zero-order chi connectivity index (χ0) is 21.9. The van der Waals surface area contributed by atoms with Crippen LogP contribution in [0.25, 0.3) is 0 Å². The molecule has 5 heteroatoms. The van der Waals surface area contributed by atoms with Gasteiger partial charge in [-0.05, 0) is 61.6 Å². The van der Waals surface area contributed by atoms with Crippen LogP contribution in [0.5, 0.6) is 5.75 Å². The summed E-state index contributed by atoms with van der Waals surface area (Å²) in [4.78, 5) is 25.0. The zero-order valence-electron chi connectivity index (χ0n) is 18.5. The second kappa shape index (κ2) is 12.4. The molecule has 1 aromatic rings. The number of aromatic hydroxyl groups is 1. The van der Waals surface area contributed by atoms with Gasteiger partial charge >= 0.3 is 5.97 Å². The minimum Gasteiger partial charge on any atom is -0.508 e. The molecule has 30 heavy (non-hydrogen) atoms. The number of hydrogen-bond donors (Lipinski definition) is 2. The van der Waals surface area contributed by atoms with E-state index in [1.54, 1.807) is 6.07 Å². The summed E-state index contributed by atoms with van der Waals surface area (Å²) in [5.41, 5.74) is 2.21. The second-order valence-corrected chi connectivity index (χ2v) is 8.62. The number of carbonyl (C=O) groups excluding carboxylic acids is 1. The van der Waals surface area contributed by atoms with Gasteiger partial charge in [-0.3, -0.25) is 9.59 Å². The van der Waals surface area contributed by atoms with E-state index >= 15 is 0 Å². The fourth-order valence-electron chi connectivity index (χ4n) is 4.07. The summed E-state index contributed by atoms with van der Waals surface area (Å²) in [6, 6.07) is 6.04. The number of hydrogen-bond acceptors (Lipinski definition) is 3. The number of carbonyl (C=O) groups is 2. The first-order valence-corrected chi connectivity index (χ1v) is 11.4. The number of rotatable bonds is 12. The number of aliphatic carboxylic acids is 1. The van der Waals surface area contributed by atoms with Crippen LogP contribution in [-0.4, -0.2) is 39.6 Å². The maximum atomic E-state index is 12.4. The Morgan fingerprint density at radius 1 is 1.23 bits per heavy atom. The van der Waals surface area contributed by atoms with Gasteiger partial charge in [0.25, 0.3) is 0 Å².